The molecular weight excluding hydrogens is 387 g/mol. The summed E-state index contributed by atoms with van der Waals surface area (Å²) >= 11 is 14.1. The van der Waals surface area contributed by atoms with Crippen LogP contribution in [0.5, 0.6) is 0 Å². The molecule has 0 fully saturated rings. The highest BCUT2D eigenvalue weighted by molar-refractivity contribution is 7.16. The van der Waals surface area contributed by atoms with Gasteiger partial charge in [-0.1, -0.05) is 50.0 Å². The zero-order valence-electron chi connectivity index (χ0n) is 15.1. The van der Waals surface area contributed by atoms with E-state index in [1.807, 2.05) is 6.07 Å². The molecule has 4 rings (SSSR count). The number of hydrogen-bond acceptors (Lipinski definition) is 3. The number of carbonyl (C=O) groups excluding carboxylic acids is 1. The molecule has 0 saturated carbocycles. The van der Waals surface area contributed by atoms with Crippen molar-refractivity contribution in [2.24, 2.45) is 11.3 Å². The summed E-state index contributed by atoms with van der Waals surface area (Å²) in [5.41, 5.74) is 3.18. The molecule has 0 saturated heterocycles. The quantitative estimate of drug-likeness (QED) is 0.601. The first-order valence-electron chi connectivity index (χ1n) is 8.91. The summed E-state index contributed by atoms with van der Waals surface area (Å²) in [6.45, 7) is 6.92. The van der Waals surface area contributed by atoms with Gasteiger partial charge in [0.15, 0.2) is 0 Å². The average molecular weight is 409 g/mol. The van der Waals surface area contributed by atoms with E-state index in [0.29, 0.717) is 16.0 Å². The Morgan fingerprint density at radius 1 is 1.19 bits per heavy atom. The lowest BCUT2D eigenvalue weighted by atomic mass is 9.72. The summed E-state index contributed by atoms with van der Waals surface area (Å²) < 4.78 is 0. The van der Waals surface area contributed by atoms with Crippen LogP contribution in [0, 0.1) is 11.3 Å². The predicted octanol–water partition coefficient (Wildman–Crippen LogP) is 6.06. The zero-order chi connectivity index (χ0) is 18.6. The largest absolute Gasteiger partial charge is 0.353 e. The Morgan fingerprint density at radius 3 is 2.65 bits per heavy atom. The van der Waals surface area contributed by atoms with Crippen molar-refractivity contribution in [2.45, 2.75) is 46.2 Å². The molecule has 26 heavy (non-hydrogen) atoms. The second kappa shape index (κ2) is 6.43. The van der Waals surface area contributed by atoms with Crippen molar-refractivity contribution in [3.63, 3.8) is 0 Å². The van der Waals surface area contributed by atoms with E-state index in [1.165, 1.54) is 10.4 Å². The molecule has 2 aromatic rings. The SMILES string of the molecule is CC(C)(C)C1CCc2c(sc3c2C(=O)NC(c2ccc(Cl)cc2Cl)N3)C1. The predicted molar refractivity (Wildman–Crippen MR) is 110 cm³/mol. The molecule has 0 bridgehead atoms. The highest BCUT2D eigenvalue weighted by atomic mass is 35.5. The highest BCUT2D eigenvalue weighted by Gasteiger charge is 2.36. The number of thiophene rings is 1. The third-order valence-electron chi connectivity index (χ3n) is 5.54. The maximum atomic E-state index is 12.8. The fourth-order valence-corrected chi connectivity index (χ4v) is 5.80. The average Bonchev–Trinajstić information content (AvgIpc) is 2.91. The minimum absolute atomic E-state index is 0.0125. The number of nitrogens with one attached hydrogen (secondary N) is 2. The van der Waals surface area contributed by atoms with Gasteiger partial charge in [-0.2, -0.15) is 0 Å². The molecule has 1 amide bonds. The second-order valence-corrected chi connectivity index (χ2v) is 10.2. The summed E-state index contributed by atoms with van der Waals surface area (Å²) in [4.78, 5) is 14.2. The van der Waals surface area contributed by atoms with Gasteiger partial charge < -0.3 is 10.6 Å². The van der Waals surface area contributed by atoms with Gasteiger partial charge in [0.25, 0.3) is 5.91 Å². The van der Waals surface area contributed by atoms with E-state index in [9.17, 15) is 4.79 Å². The molecule has 2 heterocycles. The number of benzene rings is 1. The molecule has 1 aromatic carbocycles. The van der Waals surface area contributed by atoms with Gasteiger partial charge in [-0.05, 0) is 48.3 Å². The molecule has 1 aliphatic carbocycles. The number of amides is 1. The van der Waals surface area contributed by atoms with E-state index in [-0.39, 0.29) is 17.5 Å². The van der Waals surface area contributed by atoms with Crippen LogP contribution in [0.1, 0.15) is 59.7 Å². The molecule has 6 heteroatoms. The lowest BCUT2D eigenvalue weighted by Gasteiger charge is -2.34. The second-order valence-electron chi connectivity index (χ2n) is 8.23. The number of carbonyl (C=O) groups is 1. The molecule has 2 atom stereocenters. The minimum atomic E-state index is -0.335. The molecule has 138 valence electrons. The van der Waals surface area contributed by atoms with Gasteiger partial charge >= 0.3 is 0 Å². The third-order valence-corrected chi connectivity index (χ3v) is 7.29. The number of rotatable bonds is 1. The van der Waals surface area contributed by atoms with Crippen molar-refractivity contribution in [2.75, 3.05) is 5.32 Å². The molecule has 1 aliphatic heterocycles. The number of fused-ring (bicyclic) bond motifs is 3. The molecule has 2 unspecified atom stereocenters. The van der Waals surface area contributed by atoms with Gasteiger partial charge in [-0.25, -0.2) is 0 Å². The Bertz CT molecular complexity index is 885. The molecule has 2 N–H and O–H groups in total. The van der Waals surface area contributed by atoms with Crippen LogP contribution in [0.15, 0.2) is 18.2 Å². The summed E-state index contributed by atoms with van der Waals surface area (Å²) in [6.07, 6.45) is 2.83. The van der Waals surface area contributed by atoms with Crippen LogP contribution in [0.3, 0.4) is 0 Å². The van der Waals surface area contributed by atoms with Gasteiger partial charge in [0, 0.05) is 20.5 Å². The van der Waals surface area contributed by atoms with Crippen molar-refractivity contribution >= 4 is 45.4 Å². The topological polar surface area (TPSA) is 41.1 Å². The fraction of sp³-hybridized carbons (Fsp3) is 0.450. The van der Waals surface area contributed by atoms with E-state index < -0.39 is 0 Å². The lowest BCUT2D eigenvalue weighted by Crippen LogP contribution is -2.38. The summed E-state index contributed by atoms with van der Waals surface area (Å²) in [5.74, 6) is 0.640. The van der Waals surface area contributed by atoms with E-state index in [0.717, 1.165) is 35.4 Å². The maximum Gasteiger partial charge on any atom is 0.256 e. The minimum Gasteiger partial charge on any atom is -0.353 e. The number of hydrogen-bond donors (Lipinski definition) is 2. The Kier molecular flexibility index (Phi) is 4.49. The van der Waals surface area contributed by atoms with Crippen molar-refractivity contribution in [1.29, 1.82) is 0 Å². The van der Waals surface area contributed by atoms with Gasteiger partial charge in [0.1, 0.15) is 11.2 Å². The first-order valence-corrected chi connectivity index (χ1v) is 10.5. The maximum absolute atomic E-state index is 12.8. The Hall–Kier alpha value is -1.23. The van der Waals surface area contributed by atoms with Gasteiger partial charge in [0.2, 0.25) is 0 Å². The summed E-state index contributed by atoms with van der Waals surface area (Å²) in [5, 5.41) is 8.63. The number of anilines is 1. The smallest absolute Gasteiger partial charge is 0.256 e. The Balaban J connectivity index is 1.66. The van der Waals surface area contributed by atoms with Gasteiger partial charge in [0.05, 0.1) is 5.56 Å². The monoisotopic (exact) mass is 408 g/mol. The normalized spacial score (nSPS) is 22.3. The van der Waals surface area contributed by atoms with Gasteiger partial charge in [-0.3, -0.25) is 4.79 Å². The van der Waals surface area contributed by atoms with Crippen LogP contribution >= 0.6 is 34.5 Å². The summed E-state index contributed by atoms with van der Waals surface area (Å²) in [7, 11) is 0. The van der Waals surface area contributed by atoms with Crippen molar-refractivity contribution < 1.29 is 4.79 Å². The Morgan fingerprint density at radius 2 is 1.96 bits per heavy atom. The van der Waals surface area contributed by atoms with E-state index >= 15 is 0 Å². The third kappa shape index (κ3) is 3.12. The first-order chi connectivity index (χ1) is 12.2. The van der Waals surface area contributed by atoms with E-state index in [2.05, 4.69) is 31.4 Å². The summed E-state index contributed by atoms with van der Waals surface area (Å²) in [6, 6.07) is 5.35. The molecule has 1 aromatic heterocycles. The van der Waals surface area contributed by atoms with Crippen molar-refractivity contribution in [3.05, 3.63) is 49.8 Å². The zero-order valence-corrected chi connectivity index (χ0v) is 17.4. The standard InChI is InChI=1S/C20H22Cl2N2OS/c1-20(2,3)10-4-6-13-15(8-10)26-19-16(13)18(25)23-17(24-19)12-7-5-11(21)9-14(12)22/h5,7,9-10,17,24H,4,6,8H2,1-3H3,(H,23,25). The van der Waals surface area contributed by atoms with Crippen LogP contribution in [0.25, 0.3) is 0 Å². The highest BCUT2D eigenvalue weighted by Crippen LogP contribution is 2.46. The van der Waals surface area contributed by atoms with Crippen LogP contribution in [0.2, 0.25) is 10.0 Å². The van der Waals surface area contributed by atoms with Crippen LogP contribution in [0.4, 0.5) is 5.00 Å². The Labute approximate surface area is 168 Å². The lowest BCUT2D eigenvalue weighted by molar-refractivity contribution is 0.0935. The van der Waals surface area contributed by atoms with E-state index in [4.69, 9.17) is 23.2 Å². The molecule has 3 nitrogen and oxygen atoms in total. The van der Waals surface area contributed by atoms with Crippen molar-refractivity contribution in [1.82, 2.24) is 5.32 Å². The van der Waals surface area contributed by atoms with Crippen molar-refractivity contribution in [3.8, 4) is 0 Å². The van der Waals surface area contributed by atoms with Crippen LogP contribution in [-0.4, -0.2) is 5.91 Å². The fourth-order valence-electron chi connectivity index (χ4n) is 3.93. The van der Waals surface area contributed by atoms with E-state index in [1.54, 1.807) is 23.5 Å². The van der Waals surface area contributed by atoms with Gasteiger partial charge in [-0.15, -0.1) is 11.3 Å². The van der Waals surface area contributed by atoms with Crippen LogP contribution < -0.4 is 10.6 Å². The first kappa shape index (κ1) is 18.1. The molecular formula is C20H22Cl2N2OS. The molecule has 0 radical (unpaired) electrons. The molecule has 2 aliphatic rings. The molecule has 0 spiro atoms. The number of halogens is 2. The van der Waals surface area contributed by atoms with Crippen LogP contribution in [-0.2, 0) is 12.8 Å².